The second kappa shape index (κ2) is 5.64. The Kier molecular flexibility index (Phi) is 3.39. The molecule has 5 rings (SSSR count). The summed E-state index contributed by atoms with van der Waals surface area (Å²) in [5, 5.41) is 8.15. The van der Waals surface area contributed by atoms with Crippen LogP contribution >= 0.6 is 11.3 Å². The smallest absolute Gasteiger partial charge is 0.194 e. The van der Waals surface area contributed by atoms with Crippen molar-refractivity contribution in [3.63, 3.8) is 0 Å². The van der Waals surface area contributed by atoms with Gasteiger partial charge in [0, 0.05) is 18.3 Å². The zero-order valence-corrected chi connectivity index (χ0v) is 15.2. The van der Waals surface area contributed by atoms with Crippen molar-refractivity contribution in [1.82, 2.24) is 29.3 Å². The Balaban J connectivity index is 1.53. The highest BCUT2D eigenvalue weighted by atomic mass is 32.1. The van der Waals surface area contributed by atoms with Gasteiger partial charge in [0.2, 0.25) is 0 Å². The van der Waals surface area contributed by atoms with Gasteiger partial charge in [0.05, 0.1) is 22.5 Å². The number of aromatic nitrogens is 5. The average Bonchev–Trinajstić information content (AvgIpc) is 3.27. The Labute approximate surface area is 149 Å². The molecule has 0 aliphatic carbocycles. The van der Waals surface area contributed by atoms with Crippen molar-refractivity contribution in [3.8, 4) is 10.6 Å². The van der Waals surface area contributed by atoms with Crippen LogP contribution in [0.1, 0.15) is 35.7 Å². The van der Waals surface area contributed by atoms with Crippen LogP contribution in [0.15, 0.2) is 24.7 Å². The normalized spacial score (nSPS) is 16.2. The number of hydrogen-bond donors (Lipinski definition) is 1. The predicted molar refractivity (Wildman–Crippen MR) is 99.4 cm³/mol. The lowest BCUT2D eigenvalue weighted by Gasteiger charge is -2.20. The molecule has 0 saturated carbocycles. The van der Waals surface area contributed by atoms with E-state index in [4.69, 9.17) is 10.1 Å². The lowest BCUT2D eigenvalue weighted by molar-refractivity contribution is 0.454. The highest BCUT2D eigenvalue weighted by Gasteiger charge is 2.19. The van der Waals surface area contributed by atoms with Crippen LogP contribution in [0.5, 0.6) is 0 Å². The van der Waals surface area contributed by atoms with Gasteiger partial charge in [0.15, 0.2) is 10.6 Å². The number of imidazole rings is 2. The van der Waals surface area contributed by atoms with Gasteiger partial charge in [-0.25, -0.2) is 14.5 Å². The fourth-order valence-electron chi connectivity index (χ4n) is 3.61. The molecular weight excluding hydrogens is 332 g/mol. The molecular formula is C18H20N6S. The summed E-state index contributed by atoms with van der Waals surface area (Å²) in [7, 11) is 0. The van der Waals surface area contributed by atoms with E-state index < -0.39 is 0 Å². The first-order valence-electron chi connectivity index (χ1n) is 8.70. The van der Waals surface area contributed by atoms with Crippen molar-refractivity contribution < 1.29 is 0 Å². The third kappa shape index (κ3) is 2.54. The van der Waals surface area contributed by atoms with Gasteiger partial charge in [-0.1, -0.05) is 11.3 Å². The van der Waals surface area contributed by atoms with Crippen LogP contribution in [0.2, 0.25) is 0 Å². The van der Waals surface area contributed by atoms with Gasteiger partial charge in [-0.3, -0.25) is 4.40 Å². The van der Waals surface area contributed by atoms with Gasteiger partial charge in [-0.05, 0) is 51.4 Å². The summed E-state index contributed by atoms with van der Waals surface area (Å²) in [6, 6.07) is 2.11. The molecule has 0 spiro atoms. The van der Waals surface area contributed by atoms with Crippen molar-refractivity contribution >= 4 is 21.9 Å². The number of aryl methyl sites for hydroxylation is 2. The highest BCUT2D eigenvalue weighted by molar-refractivity contribution is 7.20. The fourth-order valence-corrected chi connectivity index (χ4v) is 4.54. The summed E-state index contributed by atoms with van der Waals surface area (Å²) in [5.74, 6) is 0.586. The largest absolute Gasteiger partial charge is 0.317 e. The first-order chi connectivity index (χ1) is 12.2. The molecule has 4 aromatic heterocycles. The maximum Gasteiger partial charge on any atom is 0.194 e. The van der Waals surface area contributed by atoms with E-state index in [1.807, 2.05) is 17.6 Å². The molecule has 0 unspecified atom stereocenters. The highest BCUT2D eigenvalue weighted by Crippen LogP contribution is 2.31. The number of nitrogens with one attached hydrogen (secondary N) is 1. The molecule has 0 atom stereocenters. The number of hydrogen-bond acceptors (Lipinski definition) is 5. The fraction of sp³-hybridized carbons (Fsp3) is 0.389. The lowest BCUT2D eigenvalue weighted by atomic mass is 9.95. The van der Waals surface area contributed by atoms with Crippen LogP contribution in [0, 0.1) is 13.8 Å². The number of fused-ring (bicyclic) bond motifs is 2. The van der Waals surface area contributed by atoms with Gasteiger partial charge in [-0.15, -0.1) is 0 Å². The summed E-state index contributed by atoms with van der Waals surface area (Å²) in [5.41, 5.74) is 5.25. The zero-order valence-electron chi connectivity index (χ0n) is 14.4. The second-order valence-corrected chi connectivity index (χ2v) is 7.85. The molecule has 4 aromatic rings. The Morgan fingerprint density at radius 1 is 1.12 bits per heavy atom. The molecule has 128 valence electrons. The molecule has 1 aliphatic rings. The molecule has 5 heterocycles. The minimum atomic E-state index is 0.586. The van der Waals surface area contributed by atoms with E-state index in [0.717, 1.165) is 45.5 Å². The molecule has 0 radical (unpaired) electrons. The topological polar surface area (TPSA) is 59.5 Å². The van der Waals surface area contributed by atoms with Crippen molar-refractivity contribution in [2.75, 3.05) is 13.1 Å². The number of thiazole rings is 1. The molecule has 7 heteroatoms. The molecule has 0 bridgehead atoms. The maximum absolute atomic E-state index is 4.88. The molecule has 1 fully saturated rings. The molecule has 0 amide bonds. The molecule has 1 aliphatic heterocycles. The van der Waals surface area contributed by atoms with E-state index in [0.29, 0.717) is 5.92 Å². The maximum atomic E-state index is 4.88. The molecule has 1 N–H and O–H groups in total. The summed E-state index contributed by atoms with van der Waals surface area (Å²) in [6.45, 7) is 6.26. The standard InChI is InChI=1S/C18H20N6S/c1-11-7-14(22-24-8-12(2)20-17(11)24)16-10-23-9-15(21-18(23)25-16)13-3-5-19-6-4-13/h7-10,13,19H,3-6H2,1-2H3. The number of nitrogens with zero attached hydrogens (tertiary/aromatic N) is 5. The van der Waals surface area contributed by atoms with Crippen LogP contribution in [-0.4, -0.2) is 37.1 Å². The first-order valence-corrected chi connectivity index (χ1v) is 9.52. The minimum absolute atomic E-state index is 0.586. The van der Waals surface area contributed by atoms with Crippen LogP contribution in [0.4, 0.5) is 0 Å². The van der Waals surface area contributed by atoms with Gasteiger partial charge in [0.25, 0.3) is 0 Å². The van der Waals surface area contributed by atoms with Gasteiger partial charge >= 0.3 is 0 Å². The van der Waals surface area contributed by atoms with E-state index in [1.54, 1.807) is 11.3 Å². The van der Waals surface area contributed by atoms with Crippen LogP contribution in [0.25, 0.3) is 21.2 Å². The van der Waals surface area contributed by atoms with Gasteiger partial charge < -0.3 is 5.32 Å². The Morgan fingerprint density at radius 2 is 1.96 bits per heavy atom. The number of rotatable bonds is 2. The summed E-state index contributed by atoms with van der Waals surface area (Å²) in [4.78, 5) is 11.6. The molecule has 6 nitrogen and oxygen atoms in total. The van der Waals surface area contributed by atoms with Gasteiger partial charge in [-0.2, -0.15) is 5.10 Å². The van der Waals surface area contributed by atoms with Crippen molar-refractivity contribution in [1.29, 1.82) is 0 Å². The van der Waals surface area contributed by atoms with E-state index in [2.05, 4.69) is 40.1 Å². The lowest BCUT2D eigenvalue weighted by Crippen LogP contribution is -2.26. The summed E-state index contributed by atoms with van der Waals surface area (Å²) < 4.78 is 4.03. The molecule has 25 heavy (non-hydrogen) atoms. The third-order valence-corrected chi connectivity index (χ3v) is 5.93. The van der Waals surface area contributed by atoms with Crippen LogP contribution in [0.3, 0.4) is 0 Å². The first kappa shape index (κ1) is 15.0. The SMILES string of the molecule is Cc1cn2nc(-c3cn4cc(C5CCNCC5)nc4s3)cc(C)c2n1. The summed E-state index contributed by atoms with van der Waals surface area (Å²) in [6.07, 6.45) is 8.66. The Morgan fingerprint density at radius 3 is 2.76 bits per heavy atom. The van der Waals surface area contributed by atoms with E-state index in [1.165, 1.54) is 18.5 Å². The molecule has 0 aromatic carbocycles. The van der Waals surface area contributed by atoms with E-state index in [-0.39, 0.29) is 0 Å². The average molecular weight is 352 g/mol. The van der Waals surface area contributed by atoms with Crippen molar-refractivity contribution in [3.05, 3.63) is 41.6 Å². The van der Waals surface area contributed by atoms with Crippen LogP contribution < -0.4 is 5.32 Å². The Hall–Kier alpha value is -2.25. The van der Waals surface area contributed by atoms with Gasteiger partial charge in [0.1, 0.15) is 5.69 Å². The predicted octanol–water partition coefficient (Wildman–Crippen LogP) is 3.19. The number of piperidine rings is 1. The third-order valence-electron chi connectivity index (χ3n) is 4.91. The van der Waals surface area contributed by atoms with E-state index >= 15 is 0 Å². The van der Waals surface area contributed by atoms with Crippen molar-refractivity contribution in [2.45, 2.75) is 32.6 Å². The quantitative estimate of drug-likeness (QED) is 0.602. The Bertz CT molecular complexity index is 1030. The van der Waals surface area contributed by atoms with E-state index in [9.17, 15) is 0 Å². The van der Waals surface area contributed by atoms with Crippen LogP contribution in [-0.2, 0) is 0 Å². The summed E-state index contributed by atoms with van der Waals surface area (Å²) >= 11 is 1.70. The monoisotopic (exact) mass is 352 g/mol. The second-order valence-electron chi connectivity index (χ2n) is 6.84. The zero-order chi connectivity index (χ0) is 17.0. The minimum Gasteiger partial charge on any atom is -0.317 e. The van der Waals surface area contributed by atoms with Crippen molar-refractivity contribution in [2.24, 2.45) is 0 Å². The molecule has 1 saturated heterocycles.